The Bertz CT molecular complexity index is 508. The molecule has 2 N–H and O–H groups in total. The predicted octanol–water partition coefficient (Wildman–Crippen LogP) is 2.99. The van der Waals surface area contributed by atoms with Gasteiger partial charge in [-0.2, -0.15) is 0 Å². The van der Waals surface area contributed by atoms with Gasteiger partial charge in [-0.15, -0.1) is 0 Å². The van der Waals surface area contributed by atoms with Gasteiger partial charge in [-0.3, -0.25) is 4.79 Å². The third kappa shape index (κ3) is 4.48. The number of hydrogen-bond donors (Lipinski definition) is 2. The lowest BCUT2D eigenvalue weighted by Crippen LogP contribution is -2.40. The molecule has 0 radical (unpaired) electrons. The predicted molar refractivity (Wildman–Crippen MR) is 83.1 cm³/mol. The van der Waals surface area contributed by atoms with Crippen LogP contribution in [0.4, 0.5) is 0 Å². The van der Waals surface area contributed by atoms with Gasteiger partial charge in [0.05, 0.1) is 6.10 Å². The van der Waals surface area contributed by atoms with Gasteiger partial charge in [0.15, 0.2) is 0 Å². The zero-order valence-corrected chi connectivity index (χ0v) is 12.9. The van der Waals surface area contributed by atoms with Crippen molar-refractivity contribution in [3.8, 4) is 5.75 Å². The Kier molecular flexibility index (Phi) is 5.81. The number of aliphatic carboxylic acids is 1. The Morgan fingerprint density at radius 1 is 1.32 bits per heavy atom. The number of carboxylic acids is 1. The van der Waals surface area contributed by atoms with Crippen molar-refractivity contribution >= 4 is 11.9 Å². The largest absolute Gasteiger partial charge is 0.490 e. The van der Waals surface area contributed by atoms with Gasteiger partial charge >= 0.3 is 5.97 Å². The zero-order valence-electron chi connectivity index (χ0n) is 12.9. The lowest BCUT2D eigenvalue weighted by Gasteiger charge is -2.26. The van der Waals surface area contributed by atoms with Crippen LogP contribution in [0.2, 0.25) is 0 Å². The number of carboxylic acid groups (broad SMARTS) is 1. The van der Waals surface area contributed by atoms with Gasteiger partial charge in [0, 0.05) is 5.56 Å². The average Bonchev–Trinajstić information content (AvgIpc) is 2.47. The van der Waals surface area contributed by atoms with E-state index in [2.05, 4.69) is 5.32 Å². The van der Waals surface area contributed by atoms with Crippen LogP contribution in [-0.4, -0.2) is 29.1 Å². The molecule has 0 bridgehead atoms. The Labute approximate surface area is 130 Å². The normalized spacial score (nSPS) is 15.7. The molecular weight excluding hydrogens is 282 g/mol. The number of unbranched alkanes of at least 4 members (excludes halogenated alkanes) is 1. The second-order valence-electron chi connectivity index (χ2n) is 5.70. The molecule has 2 rings (SSSR count). The third-order valence-corrected chi connectivity index (χ3v) is 3.92. The van der Waals surface area contributed by atoms with Gasteiger partial charge in [0.1, 0.15) is 11.8 Å². The molecule has 0 spiro atoms. The first-order chi connectivity index (χ1) is 10.6. The summed E-state index contributed by atoms with van der Waals surface area (Å²) in [4.78, 5) is 23.3. The summed E-state index contributed by atoms with van der Waals surface area (Å²) in [6, 6.07) is 6.02. The van der Waals surface area contributed by atoms with Gasteiger partial charge in [-0.05, 0) is 49.9 Å². The Morgan fingerprint density at radius 3 is 2.50 bits per heavy atom. The van der Waals surface area contributed by atoms with Crippen LogP contribution in [0.15, 0.2) is 24.3 Å². The highest BCUT2D eigenvalue weighted by Gasteiger charge is 2.21. The van der Waals surface area contributed by atoms with E-state index in [1.807, 2.05) is 6.92 Å². The molecule has 5 heteroatoms. The highest BCUT2D eigenvalue weighted by Crippen LogP contribution is 2.25. The number of amides is 1. The van der Waals surface area contributed by atoms with Crippen molar-refractivity contribution in [2.24, 2.45) is 0 Å². The van der Waals surface area contributed by atoms with Gasteiger partial charge < -0.3 is 15.2 Å². The molecule has 0 aliphatic heterocycles. The number of carbonyl (C=O) groups excluding carboxylic acids is 1. The van der Waals surface area contributed by atoms with Crippen molar-refractivity contribution in [2.45, 2.75) is 57.6 Å². The lowest BCUT2D eigenvalue weighted by atomic mass is 9.96. The van der Waals surface area contributed by atoms with Crippen molar-refractivity contribution in [1.82, 2.24) is 5.32 Å². The first-order valence-electron chi connectivity index (χ1n) is 7.90. The van der Waals surface area contributed by atoms with E-state index < -0.39 is 12.0 Å². The topological polar surface area (TPSA) is 75.6 Å². The van der Waals surface area contributed by atoms with E-state index >= 15 is 0 Å². The third-order valence-electron chi connectivity index (χ3n) is 3.92. The first kappa shape index (κ1) is 16.3. The van der Waals surface area contributed by atoms with Crippen molar-refractivity contribution in [3.63, 3.8) is 0 Å². The molecule has 0 saturated heterocycles. The molecule has 22 heavy (non-hydrogen) atoms. The Balaban J connectivity index is 1.91. The fraction of sp³-hybridized carbons (Fsp3) is 0.529. The molecule has 0 unspecified atom stereocenters. The van der Waals surface area contributed by atoms with Crippen LogP contribution >= 0.6 is 0 Å². The molecule has 1 aliphatic carbocycles. The van der Waals surface area contributed by atoms with Crippen molar-refractivity contribution < 1.29 is 19.4 Å². The number of carbonyl (C=O) groups is 2. The summed E-state index contributed by atoms with van der Waals surface area (Å²) in [5.74, 6) is -0.604. The summed E-state index contributed by atoms with van der Waals surface area (Å²) in [5.41, 5.74) is 0.448. The summed E-state index contributed by atoms with van der Waals surface area (Å²) >= 11 is 0. The molecule has 1 atom stereocenters. The van der Waals surface area contributed by atoms with Crippen LogP contribution in [0, 0.1) is 0 Å². The Morgan fingerprint density at radius 2 is 2.00 bits per heavy atom. The maximum Gasteiger partial charge on any atom is 0.326 e. The fourth-order valence-electron chi connectivity index (χ4n) is 2.27. The smallest absolute Gasteiger partial charge is 0.326 e. The van der Waals surface area contributed by atoms with Crippen LogP contribution in [0.1, 0.15) is 55.8 Å². The van der Waals surface area contributed by atoms with Crippen LogP contribution < -0.4 is 10.1 Å². The Hall–Kier alpha value is -2.04. The summed E-state index contributed by atoms with van der Waals surface area (Å²) in [6.07, 6.45) is 5.78. The SMILES string of the molecule is CCCC[C@H](NC(=O)c1ccc(OC2CCC2)cc1)C(=O)O. The second-order valence-corrected chi connectivity index (χ2v) is 5.70. The van der Waals surface area contributed by atoms with E-state index in [0.29, 0.717) is 18.1 Å². The highest BCUT2D eigenvalue weighted by molar-refractivity contribution is 5.96. The van der Waals surface area contributed by atoms with Gasteiger partial charge in [0.2, 0.25) is 0 Å². The summed E-state index contributed by atoms with van der Waals surface area (Å²) in [6.45, 7) is 1.99. The maximum absolute atomic E-state index is 12.1. The number of rotatable bonds is 8. The first-order valence-corrected chi connectivity index (χ1v) is 7.90. The fourth-order valence-corrected chi connectivity index (χ4v) is 2.27. The van der Waals surface area contributed by atoms with E-state index in [0.717, 1.165) is 31.4 Å². The summed E-state index contributed by atoms with van der Waals surface area (Å²) in [5, 5.41) is 11.7. The minimum atomic E-state index is -0.994. The molecule has 5 nitrogen and oxygen atoms in total. The van der Waals surface area contributed by atoms with Crippen LogP contribution in [0.25, 0.3) is 0 Å². The molecule has 0 aromatic heterocycles. The number of ether oxygens (including phenoxy) is 1. The van der Waals surface area contributed by atoms with Crippen LogP contribution in [0.3, 0.4) is 0 Å². The molecule has 1 saturated carbocycles. The van der Waals surface area contributed by atoms with Crippen molar-refractivity contribution in [3.05, 3.63) is 29.8 Å². The van der Waals surface area contributed by atoms with Gasteiger partial charge in [-0.1, -0.05) is 19.8 Å². The van der Waals surface area contributed by atoms with E-state index in [-0.39, 0.29) is 5.91 Å². The molecule has 1 fully saturated rings. The standard InChI is InChI=1S/C17H23NO4/c1-2-3-7-15(17(20)21)18-16(19)12-8-10-14(11-9-12)22-13-5-4-6-13/h8-11,13,15H,2-7H2,1H3,(H,18,19)(H,20,21)/t15-/m0/s1. The summed E-state index contributed by atoms with van der Waals surface area (Å²) < 4.78 is 5.73. The van der Waals surface area contributed by atoms with E-state index in [9.17, 15) is 9.59 Å². The minimum Gasteiger partial charge on any atom is -0.490 e. The molecule has 1 aromatic rings. The summed E-state index contributed by atoms with van der Waals surface area (Å²) in [7, 11) is 0. The molecular formula is C17H23NO4. The molecule has 0 heterocycles. The van der Waals surface area contributed by atoms with Crippen LogP contribution in [-0.2, 0) is 4.79 Å². The average molecular weight is 305 g/mol. The number of hydrogen-bond acceptors (Lipinski definition) is 3. The zero-order chi connectivity index (χ0) is 15.9. The minimum absolute atomic E-state index is 0.296. The van der Waals surface area contributed by atoms with Gasteiger partial charge in [0.25, 0.3) is 5.91 Å². The molecule has 1 amide bonds. The number of nitrogens with one attached hydrogen (secondary N) is 1. The molecule has 120 valence electrons. The van der Waals surface area contributed by atoms with E-state index in [4.69, 9.17) is 9.84 Å². The van der Waals surface area contributed by atoms with E-state index in [1.165, 1.54) is 6.42 Å². The maximum atomic E-state index is 12.1. The van der Waals surface area contributed by atoms with Crippen LogP contribution in [0.5, 0.6) is 5.75 Å². The monoisotopic (exact) mass is 305 g/mol. The van der Waals surface area contributed by atoms with Crippen molar-refractivity contribution in [2.75, 3.05) is 0 Å². The number of benzene rings is 1. The molecule has 1 aromatic carbocycles. The molecule has 1 aliphatic rings. The highest BCUT2D eigenvalue weighted by atomic mass is 16.5. The lowest BCUT2D eigenvalue weighted by molar-refractivity contribution is -0.139. The quantitative estimate of drug-likeness (QED) is 0.774. The van der Waals surface area contributed by atoms with E-state index in [1.54, 1.807) is 24.3 Å². The second kappa shape index (κ2) is 7.82. The van der Waals surface area contributed by atoms with Gasteiger partial charge in [-0.25, -0.2) is 4.79 Å². The van der Waals surface area contributed by atoms with Crippen molar-refractivity contribution in [1.29, 1.82) is 0 Å².